The smallest absolute Gasteiger partial charge is 0.0244 e. The fraction of sp³-hybridized carbons (Fsp3) is 1.00. The van der Waals surface area contributed by atoms with Crippen LogP contribution in [0.25, 0.3) is 0 Å². The van der Waals surface area contributed by atoms with E-state index in [2.05, 4.69) is 37.9 Å². The van der Waals surface area contributed by atoms with Crippen LogP contribution in [-0.4, -0.2) is 36.1 Å². The molecule has 1 heterocycles. The van der Waals surface area contributed by atoms with Crippen LogP contribution in [-0.2, 0) is 0 Å². The lowest BCUT2D eigenvalue weighted by Gasteiger charge is -2.49. The lowest BCUT2D eigenvalue weighted by molar-refractivity contribution is 0.0264. The van der Waals surface area contributed by atoms with E-state index in [4.69, 9.17) is 0 Å². The van der Waals surface area contributed by atoms with Gasteiger partial charge >= 0.3 is 0 Å². The lowest BCUT2D eigenvalue weighted by atomic mass is 9.82. The quantitative estimate of drug-likeness (QED) is 0.714. The van der Waals surface area contributed by atoms with Crippen molar-refractivity contribution in [3.63, 3.8) is 0 Å². The lowest BCUT2D eigenvalue weighted by Crippen LogP contribution is -2.62. The first-order valence-electron chi connectivity index (χ1n) is 6.47. The van der Waals surface area contributed by atoms with Crippen molar-refractivity contribution in [1.29, 1.82) is 0 Å². The van der Waals surface area contributed by atoms with E-state index >= 15 is 0 Å². The van der Waals surface area contributed by atoms with Crippen molar-refractivity contribution in [2.24, 2.45) is 5.41 Å². The Morgan fingerprint density at radius 2 is 1.87 bits per heavy atom. The number of piperazine rings is 1. The number of nitrogens with one attached hydrogen (secondary N) is 1. The Bertz CT molecular complexity index is 213. The summed E-state index contributed by atoms with van der Waals surface area (Å²) in [5, 5.41) is 3.70. The Morgan fingerprint density at radius 3 is 2.33 bits per heavy atom. The maximum atomic E-state index is 3.70. The highest BCUT2D eigenvalue weighted by atomic mass is 15.3. The summed E-state index contributed by atoms with van der Waals surface area (Å²) >= 11 is 0. The van der Waals surface area contributed by atoms with Crippen LogP contribution < -0.4 is 5.32 Å². The van der Waals surface area contributed by atoms with Crippen LogP contribution in [0.5, 0.6) is 0 Å². The topological polar surface area (TPSA) is 15.3 Å². The summed E-state index contributed by atoms with van der Waals surface area (Å²) in [6.45, 7) is 11.8. The third-order valence-corrected chi connectivity index (χ3v) is 4.21. The molecule has 0 bridgehead atoms. The van der Waals surface area contributed by atoms with Crippen molar-refractivity contribution in [3.8, 4) is 0 Å². The average molecular weight is 210 g/mol. The minimum atomic E-state index is 0.391. The molecule has 0 amide bonds. The Kier molecular flexibility index (Phi) is 3.09. The molecule has 1 saturated heterocycles. The molecular formula is C13H26N2. The van der Waals surface area contributed by atoms with E-state index in [1.54, 1.807) is 0 Å². The van der Waals surface area contributed by atoms with E-state index in [1.165, 1.54) is 32.4 Å². The number of rotatable bonds is 1. The van der Waals surface area contributed by atoms with E-state index in [0.717, 1.165) is 12.1 Å². The molecule has 2 aliphatic rings. The van der Waals surface area contributed by atoms with E-state index in [9.17, 15) is 0 Å². The van der Waals surface area contributed by atoms with Crippen LogP contribution in [0.3, 0.4) is 0 Å². The molecule has 1 N–H and O–H groups in total. The summed E-state index contributed by atoms with van der Waals surface area (Å²) in [4.78, 5) is 2.75. The summed E-state index contributed by atoms with van der Waals surface area (Å²) < 4.78 is 0. The largest absolute Gasteiger partial charge is 0.311 e. The minimum absolute atomic E-state index is 0.391. The molecule has 1 aliphatic heterocycles. The molecule has 0 aromatic heterocycles. The second-order valence-electron chi connectivity index (χ2n) is 6.46. The average Bonchev–Trinajstić information content (AvgIpc) is 2.03. The second kappa shape index (κ2) is 4.06. The highest BCUT2D eigenvalue weighted by Gasteiger charge is 2.37. The van der Waals surface area contributed by atoms with Crippen LogP contribution in [0.4, 0.5) is 0 Å². The zero-order valence-electron chi connectivity index (χ0n) is 10.7. The normalized spacial score (nSPS) is 35.2. The van der Waals surface area contributed by atoms with Crippen molar-refractivity contribution in [2.75, 3.05) is 13.1 Å². The summed E-state index contributed by atoms with van der Waals surface area (Å²) in [6.07, 6.45) is 4.31. The van der Waals surface area contributed by atoms with Crippen LogP contribution in [0.2, 0.25) is 0 Å². The van der Waals surface area contributed by atoms with Gasteiger partial charge in [0.25, 0.3) is 0 Å². The van der Waals surface area contributed by atoms with Gasteiger partial charge in [0.2, 0.25) is 0 Å². The third kappa shape index (κ3) is 2.36. The molecule has 1 aliphatic carbocycles. The fourth-order valence-electron chi connectivity index (χ4n) is 2.69. The Labute approximate surface area is 94.4 Å². The molecule has 15 heavy (non-hydrogen) atoms. The molecule has 0 spiro atoms. The van der Waals surface area contributed by atoms with E-state index in [0.29, 0.717) is 11.5 Å². The van der Waals surface area contributed by atoms with Crippen LogP contribution in [0.15, 0.2) is 0 Å². The minimum Gasteiger partial charge on any atom is -0.311 e. The standard InChI is InChI=1S/C13H26N2/c1-10-8-14-12(13(2,3)4)9-15(10)11-6-5-7-11/h10-12,14H,5-9H2,1-4H3. The van der Waals surface area contributed by atoms with Gasteiger partial charge in [-0.25, -0.2) is 0 Å². The molecule has 0 aromatic carbocycles. The SMILES string of the molecule is CC1CNC(C(C)(C)C)CN1C1CCC1. The maximum absolute atomic E-state index is 3.70. The van der Waals surface area contributed by atoms with Crippen molar-refractivity contribution >= 4 is 0 Å². The van der Waals surface area contributed by atoms with E-state index in [-0.39, 0.29) is 0 Å². The van der Waals surface area contributed by atoms with Crippen LogP contribution >= 0.6 is 0 Å². The molecule has 0 radical (unpaired) electrons. The van der Waals surface area contributed by atoms with Crippen molar-refractivity contribution < 1.29 is 0 Å². The van der Waals surface area contributed by atoms with Gasteiger partial charge < -0.3 is 5.32 Å². The highest BCUT2D eigenvalue weighted by molar-refractivity contribution is 4.94. The summed E-state index contributed by atoms with van der Waals surface area (Å²) in [5.41, 5.74) is 0.391. The number of hydrogen-bond donors (Lipinski definition) is 1. The fourth-order valence-corrected chi connectivity index (χ4v) is 2.69. The second-order valence-corrected chi connectivity index (χ2v) is 6.46. The van der Waals surface area contributed by atoms with Gasteiger partial charge in [0, 0.05) is 31.2 Å². The monoisotopic (exact) mass is 210 g/mol. The molecule has 2 atom stereocenters. The molecule has 1 saturated carbocycles. The Balaban J connectivity index is 1.97. The highest BCUT2D eigenvalue weighted by Crippen LogP contribution is 2.31. The Hall–Kier alpha value is -0.0800. The predicted octanol–water partition coefficient (Wildman–Crippen LogP) is 2.25. The Morgan fingerprint density at radius 1 is 1.20 bits per heavy atom. The first kappa shape index (κ1) is 11.4. The number of nitrogens with zero attached hydrogens (tertiary/aromatic N) is 1. The van der Waals surface area contributed by atoms with Gasteiger partial charge in [-0.2, -0.15) is 0 Å². The van der Waals surface area contributed by atoms with E-state index in [1.807, 2.05) is 0 Å². The molecule has 88 valence electrons. The zero-order valence-corrected chi connectivity index (χ0v) is 10.7. The molecule has 2 unspecified atom stereocenters. The van der Waals surface area contributed by atoms with Gasteiger partial charge in [0.15, 0.2) is 0 Å². The molecular weight excluding hydrogens is 184 g/mol. The first-order chi connectivity index (χ1) is 6.98. The predicted molar refractivity (Wildman–Crippen MR) is 65.1 cm³/mol. The third-order valence-electron chi connectivity index (χ3n) is 4.21. The molecule has 0 aromatic rings. The summed E-state index contributed by atoms with van der Waals surface area (Å²) in [7, 11) is 0. The molecule has 2 fully saturated rings. The van der Waals surface area contributed by atoms with Gasteiger partial charge in [-0.05, 0) is 25.2 Å². The van der Waals surface area contributed by atoms with E-state index < -0.39 is 0 Å². The van der Waals surface area contributed by atoms with Gasteiger partial charge in [0.1, 0.15) is 0 Å². The van der Waals surface area contributed by atoms with Crippen LogP contribution in [0, 0.1) is 5.41 Å². The van der Waals surface area contributed by atoms with Crippen molar-refractivity contribution in [3.05, 3.63) is 0 Å². The summed E-state index contributed by atoms with van der Waals surface area (Å²) in [6, 6.07) is 2.29. The molecule has 2 heteroatoms. The summed E-state index contributed by atoms with van der Waals surface area (Å²) in [5.74, 6) is 0. The van der Waals surface area contributed by atoms with Crippen LogP contribution in [0.1, 0.15) is 47.0 Å². The van der Waals surface area contributed by atoms with Gasteiger partial charge in [-0.15, -0.1) is 0 Å². The van der Waals surface area contributed by atoms with Crippen molar-refractivity contribution in [2.45, 2.75) is 65.1 Å². The van der Waals surface area contributed by atoms with Gasteiger partial charge in [0.05, 0.1) is 0 Å². The maximum Gasteiger partial charge on any atom is 0.0244 e. The first-order valence-corrected chi connectivity index (χ1v) is 6.47. The van der Waals surface area contributed by atoms with Gasteiger partial charge in [-0.1, -0.05) is 27.2 Å². The number of hydrogen-bond acceptors (Lipinski definition) is 2. The molecule has 2 nitrogen and oxygen atoms in total. The van der Waals surface area contributed by atoms with Gasteiger partial charge in [-0.3, -0.25) is 4.90 Å². The molecule has 2 rings (SSSR count). The zero-order chi connectivity index (χ0) is 11.1. The van der Waals surface area contributed by atoms with Crippen molar-refractivity contribution in [1.82, 2.24) is 10.2 Å².